The molecule has 0 spiro atoms. The molecule has 6 heteroatoms. The van der Waals surface area contributed by atoms with E-state index in [-0.39, 0.29) is 24.0 Å². The lowest BCUT2D eigenvalue weighted by molar-refractivity contribution is 0.0748. The summed E-state index contributed by atoms with van der Waals surface area (Å²) < 4.78 is 10.3. The quantitative estimate of drug-likeness (QED) is 0.292. The molecule has 2 N–H and O–H groups in total. The lowest BCUT2D eigenvalue weighted by atomic mass is 10.5. The van der Waals surface area contributed by atoms with E-state index in [2.05, 4.69) is 29.5 Å². The largest absolute Gasteiger partial charge is 0.382 e. The number of hydrogen-bond donors (Lipinski definition) is 2. The second-order valence-corrected chi connectivity index (χ2v) is 4.33. The monoisotopic (exact) mass is 371 g/mol. The zero-order valence-electron chi connectivity index (χ0n) is 11.6. The van der Waals surface area contributed by atoms with Crippen molar-refractivity contribution in [2.24, 2.45) is 10.9 Å². The van der Waals surface area contributed by atoms with Crippen LogP contribution in [0.3, 0.4) is 0 Å². The van der Waals surface area contributed by atoms with Crippen molar-refractivity contribution >= 4 is 29.9 Å². The average molecular weight is 371 g/mol. The van der Waals surface area contributed by atoms with Crippen molar-refractivity contribution in [3.8, 4) is 0 Å². The van der Waals surface area contributed by atoms with Crippen LogP contribution in [0.5, 0.6) is 0 Å². The maximum absolute atomic E-state index is 5.36. The molecule has 1 rings (SSSR count). The summed E-state index contributed by atoms with van der Waals surface area (Å²) in [4.78, 5) is 4.45. The molecule has 108 valence electrons. The zero-order chi connectivity index (χ0) is 12.5. The number of nitrogens with zero attached hydrogens (tertiary/aromatic N) is 1. The second kappa shape index (κ2) is 10.8. The summed E-state index contributed by atoms with van der Waals surface area (Å²) in [5.74, 6) is 1.68. The van der Waals surface area contributed by atoms with E-state index in [9.17, 15) is 0 Å². The molecule has 0 aromatic carbocycles. The average Bonchev–Trinajstić information content (AvgIpc) is 2.99. The molecule has 2 atom stereocenters. The summed E-state index contributed by atoms with van der Waals surface area (Å²) in [6.45, 7) is 7.80. The molecule has 0 aromatic heterocycles. The van der Waals surface area contributed by atoms with E-state index in [1.54, 1.807) is 7.11 Å². The molecule has 0 amide bonds. The van der Waals surface area contributed by atoms with E-state index >= 15 is 0 Å². The van der Waals surface area contributed by atoms with Crippen molar-refractivity contribution in [1.82, 2.24) is 10.6 Å². The van der Waals surface area contributed by atoms with Gasteiger partial charge in [-0.05, 0) is 19.3 Å². The molecular weight excluding hydrogens is 345 g/mol. The third-order valence-corrected chi connectivity index (χ3v) is 2.71. The van der Waals surface area contributed by atoms with Crippen LogP contribution in [0.25, 0.3) is 0 Å². The van der Waals surface area contributed by atoms with Crippen molar-refractivity contribution in [3.05, 3.63) is 0 Å². The SMILES string of the molecule is CCNC(=NCCOCCOC)NC1CC1C.I. The molecule has 1 aliphatic rings. The van der Waals surface area contributed by atoms with Gasteiger partial charge in [-0.1, -0.05) is 6.92 Å². The number of guanidine groups is 1. The molecule has 0 bridgehead atoms. The molecule has 1 aliphatic carbocycles. The minimum atomic E-state index is 0. The predicted octanol–water partition coefficient (Wildman–Crippen LogP) is 1.23. The van der Waals surface area contributed by atoms with Gasteiger partial charge in [0.2, 0.25) is 0 Å². The lowest BCUT2D eigenvalue weighted by Gasteiger charge is -2.10. The van der Waals surface area contributed by atoms with Crippen molar-refractivity contribution in [1.29, 1.82) is 0 Å². The first kappa shape index (κ1) is 17.9. The van der Waals surface area contributed by atoms with Gasteiger partial charge in [0.1, 0.15) is 0 Å². The highest BCUT2D eigenvalue weighted by Crippen LogP contribution is 2.28. The molecule has 0 aromatic rings. The topological polar surface area (TPSA) is 54.9 Å². The Morgan fingerprint density at radius 1 is 1.33 bits per heavy atom. The summed E-state index contributed by atoms with van der Waals surface area (Å²) in [6, 6.07) is 0.599. The Balaban J connectivity index is 0.00000289. The minimum absolute atomic E-state index is 0. The van der Waals surface area contributed by atoms with Crippen LogP contribution in [0.1, 0.15) is 20.3 Å². The fraction of sp³-hybridized carbons (Fsp3) is 0.917. The van der Waals surface area contributed by atoms with Crippen LogP contribution in [0.15, 0.2) is 4.99 Å². The van der Waals surface area contributed by atoms with Gasteiger partial charge in [0.05, 0.1) is 26.4 Å². The van der Waals surface area contributed by atoms with Crippen LogP contribution < -0.4 is 10.6 Å². The lowest BCUT2D eigenvalue weighted by Crippen LogP contribution is -2.39. The summed E-state index contributed by atoms with van der Waals surface area (Å²) in [7, 11) is 1.67. The van der Waals surface area contributed by atoms with Gasteiger partial charge in [0, 0.05) is 19.7 Å². The number of methoxy groups -OCH3 is 1. The van der Waals surface area contributed by atoms with Crippen LogP contribution in [0.2, 0.25) is 0 Å². The highest BCUT2D eigenvalue weighted by atomic mass is 127. The maximum Gasteiger partial charge on any atom is 0.191 e. The Kier molecular flexibility index (Phi) is 10.8. The van der Waals surface area contributed by atoms with Crippen LogP contribution in [0.4, 0.5) is 0 Å². The molecule has 2 unspecified atom stereocenters. The molecule has 1 saturated carbocycles. The maximum atomic E-state index is 5.36. The van der Waals surface area contributed by atoms with E-state index in [0.717, 1.165) is 18.4 Å². The van der Waals surface area contributed by atoms with Gasteiger partial charge in [-0.2, -0.15) is 0 Å². The fourth-order valence-corrected chi connectivity index (χ4v) is 1.49. The summed E-state index contributed by atoms with van der Waals surface area (Å²) in [5, 5.41) is 6.64. The Labute approximate surface area is 127 Å². The Morgan fingerprint density at radius 2 is 2.06 bits per heavy atom. The predicted molar refractivity (Wildman–Crippen MR) is 84.8 cm³/mol. The molecule has 0 radical (unpaired) electrons. The Bertz CT molecular complexity index is 239. The Hall–Kier alpha value is -0.0800. The summed E-state index contributed by atoms with van der Waals surface area (Å²) in [6.07, 6.45) is 1.24. The van der Waals surface area contributed by atoms with Gasteiger partial charge in [-0.25, -0.2) is 0 Å². The van der Waals surface area contributed by atoms with Crippen LogP contribution >= 0.6 is 24.0 Å². The van der Waals surface area contributed by atoms with Gasteiger partial charge in [0.25, 0.3) is 0 Å². The summed E-state index contributed by atoms with van der Waals surface area (Å²) >= 11 is 0. The fourth-order valence-electron chi connectivity index (χ4n) is 1.49. The van der Waals surface area contributed by atoms with Crippen molar-refractivity contribution in [3.63, 3.8) is 0 Å². The van der Waals surface area contributed by atoms with Crippen molar-refractivity contribution in [2.75, 3.05) is 40.0 Å². The zero-order valence-corrected chi connectivity index (χ0v) is 13.9. The molecule has 5 nitrogen and oxygen atoms in total. The van der Waals surface area contributed by atoms with E-state index < -0.39 is 0 Å². The van der Waals surface area contributed by atoms with Crippen molar-refractivity contribution in [2.45, 2.75) is 26.3 Å². The van der Waals surface area contributed by atoms with E-state index in [0.29, 0.717) is 32.4 Å². The van der Waals surface area contributed by atoms with E-state index in [1.807, 2.05) is 0 Å². The third-order valence-electron chi connectivity index (χ3n) is 2.71. The van der Waals surface area contributed by atoms with Gasteiger partial charge in [-0.3, -0.25) is 4.99 Å². The number of rotatable bonds is 8. The van der Waals surface area contributed by atoms with E-state index in [1.165, 1.54) is 6.42 Å². The number of ether oxygens (including phenoxy) is 2. The molecule has 1 fully saturated rings. The first-order valence-electron chi connectivity index (χ1n) is 6.39. The van der Waals surface area contributed by atoms with Gasteiger partial charge >= 0.3 is 0 Å². The van der Waals surface area contributed by atoms with E-state index in [4.69, 9.17) is 9.47 Å². The summed E-state index contributed by atoms with van der Waals surface area (Å²) in [5.41, 5.74) is 0. The molecule has 0 heterocycles. The molecule has 18 heavy (non-hydrogen) atoms. The number of nitrogens with one attached hydrogen (secondary N) is 2. The van der Waals surface area contributed by atoms with Crippen molar-refractivity contribution < 1.29 is 9.47 Å². The Morgan fingerprint density at radius 3 is 2.61 bits per heavy atom. The number of hydrogen-bond acceptors (Lipinski definition) is 3. The standard InChI is InChI=1S/C12H25N3O2.HI/c1-4-13-12(15-11-9-10(11)2)14-5-6-17-8-7-16-3;/h10-11H,4-9H2,1-3H3,(H2,13,14,15);1H. The number of aliphatic imine (C=N–C) groups is 1. The third kappa shape index (κ3) is 8.10. The molecule has 0 saturated heterocycles. The van der Waals surface area contributed by atoms with Crippen LogP contribution in [-0.4, -0.2) is 52.0 Å². The minimum Gasteiger partial charge on any atom is -0.382 e. The molecule has 0 aliphatic heterocycles. The first-order chi connectivity index (χ1) is 8.27. The normalized spacial score (nSPS) is 22.3. The van der Waals surface area contributed by atoms with Crippen LogP contribution in [-0.2, 0) is 9.47 Å². The molecular formula is C12H26IN3O2. The van der Waals surface area contributed by atoms with Gasteiger partial charge in [0.15, 0.2) is 5.96 Å². The second-order valence-electron chi connectivity index (χ2n) is 4.33. The van der Waals surface area contributed by atoms with Crippen LogP contribution in [0, 0.1) is 5.92 Å². The highest BCUT2D eigenvalue weighted by molar-refractivity contribution is 14.0. The smallest absolute Gasteiger partial charge is 0.191 e. The first-order valence-corrected chi connectivity index (χ1v) is 6.39. The highest BCUT2D eigenvalue weighted by Gasteiger charge is 2.33. The number of halogens is 1. The van der Waals surface area contributed by atoms with Gasteiger partial charge < -0.3 is 20.1 Å². The van der Waals surface area contributed by atoms with Gasteiger partial charge in [-0.15, -0.1) is 24.0 Å².